The topological polar surface area (TPSA) is 75.6 Å². The summed E-state index contributed by atoms with van der Waals surface area (Å²) in [6.45, 7) is 5.77. The van der Waals surface area contributed by atoms with Gasteiger partial charge in [0.1, 0.15) is 17.6 Å². The summed E-state index contributed by atoms with van der Waals surface area (Å²) in [7, 11) is 0. The number of nitrogens with one attached hydrogen (secondary N) is 1. The number of amides is 1. The van der Waals surface area contributed by atoms with Crippen molar-refractivity contribution in [3.63, 3.8) is 0 Å². The summed E-state index contributed by atoms with van der Waals surface area (Å²) in [4.78, 5) is 24.8. The number of alkyl halides is 2. The van der Waals surface area contributed by atoms with Crippen LogP contribution in [0.1, 0.15) is 63.2 Å². The summed E-state index contributed by atoms with van der Waals surface area (Å²) >= 11 is 0. The second-order valence-corrected chi connectivity index (χ2v) is 10.0. The second-order valence-electron chi connectivity index (χ2n) is 10.0. The SMILES string of the molecule is CC(C)(C)C[C@H](NC(=O)c1ccc2cc(F)ccc2c1OCC1CCC(F)(F)CC1)C(=O)O. The molecule has 180 valence electrons. The van der Waals surface area contributed by atoms with Crippen LogP contribution in [0.2, 0.25) is 0 Å². The minimum Gasteiger partial charge on any atom is -0.492 e. The largest absolute Gasteiger partial charge is 0.492 e. The lowest BCUT2D eigenvalue weighted by molar-refractivity contribution is -0.140. The third kappa shape index (κ3) is 6.62. The van der Waals surface area contributed by atoms with Crippen molar-refractivity contribution in [2.45, 2.75) is 64.8 Å². The van der Waals surface area contributed by atoms with Crippen molar-refractivity contribution in [2.24, 2.45) is 11.3 Å². The van der Waals surface area contributed by atoms with Crippen LogP contribution in [-0.4, -0.2) is 35.6 Å². The Hall–Kier alpha value is -2.77. The third-order valence-corrected chi connectivity index (χ3v) is 5.90. The molecule has 1 saturated carbocycles. The molecule has 1 atom stereocenters. The quantitative estimate of drug-likeness (QED) is 0.542. The lowest BCUT2D eigenvalue weighted by Gasteiger charge is -2.28. The molecular weight excluding hydrogens is 435 g/mol. The zero-order valence-corrected chi connectivity index (χ0v) is 19.1. The van der Waals surface area contributed by atoms with Gasteiger partial charge in [-0.15, -0.1) is 0 Å². The summed E-state index contributed by atoms with van der Waals surface area (Å²) in [6.07, 6.45) is 0.422. The Bertz CT molecular complexity index is 1020. The van der Waals surface area contributed by atoms with Crippen LogP contribution in [0.4, 0.5) is 13.2 Å². The molecule has 1 fully saturated rings. The Kier molecular flexibility index (Phi) is 7.24. The average Bonchev–Trinajstić information content (AvgIpc) is 2.70. The van der Waals surface area contributed by atoms with Crippen molar-refractivity contribution in [2.75, 3.05) is 6.61 Å². The Morgan fingerprint density at radius 1 is 1.18 bits per heavy atom. The maximum absolute atomic E-state index is 13.7. The summed E-state index contributed by atoms with van der Waals surface area (Å²) in [6, 6.07) is 5.99. The molecule has 2 aromatic rings. The van der Waals surface area contributed by atoms with E-state index in [1.54, 1.807) is 6.07 Å². The zero-order valence-electron chi connectivity index (χ0n) is 19.1. The van der Waals surface area contributed by atoms with E-state index in [2.05, 4.69) is 5.32 Å². The van der Waals surface area contributed by atoms with Gasteiger partial charge in [-0.25, -0.2) is 18.0 Å². The number of carbonyl (C=O) groups is 2. The molecule has 2 N–H and O–H groups in total. The number of benzene rings is 2. The van der Waals surface area contributed by atoms with Gasteiger partial charge in [-0.3, -0.25) is 4.79 Å². The van der Waals surface area contributed by atoms with Gasteiger partial charge in [-0.05, 0) is 60.2 Å². The molecule has 0 saturated heterocycles. The van der Waals surface area contributed by atoms with Gasteiger partial charge >= 0.3 is 5.97 Å². The van der Waals surface area contributed by atoms with Crippen LogP contribution in [-0.2, 0) is 4.79 Å². The predicted octanol–water partition coefficient (Wildman–Crippen LogP) is 5.80. The Morgan fingerprint density at radius 3 is 2.45 bits per heavy atom. The number of ether oxygens (including phenoxy) is 1. The number of carboxylic acid groups (broad SMARTS) is 1. The number of fused-ring (bicyclic) bond motifs is 1. The first-order valence-corrected chi connectivity index (χ1v) is 11.1. The van der Waals surface area contributed by atoms with Crippen molar-refractivity contribution < 1.29 is 32.6 Å². The van der Waals surface area contributed by atoms with Crippen LogP contribution in [0.3, 0.4) is 0 Å². The molecular formula is C25H30F3NO4. The molecule has 1 aliphatic rings. The van der Waals surface area contributed by atoms with Crippen LogP contribution in [0.15, 0.2) is 30.3 Å². The van der Waals surface area contributed by atoms with Gasteiger partial charge in [-0.1, -0.05) is 26.8 Å². The molecule has 5 nitrogen and oxygen atoms in total. The molecule has 0 bridgehead atoms. The van der Waals surface area contributed by atoms with E-state index in [1.165, 1.54) is 24.3 Å². The molecule has 3 rings (SSSR count). The van der Waals surface area contributed by atoms with Gasteiger partial charge in [0.25, 0.3) is 5.91 Å². The number of hydrogen-bond donors (Lipinski definition) is 2. The molecule has 0 aromatic heterocycles. The van der Waals surface area contributed by atoms with E-state index in [0.717, 1.165) is 0 Å². The summed E-state index contributed by atoms with van der Waals surface area (Å²) in [5.74, 6) is -4.77. The van der Waals surface area contributed by atoms with E-state index in [1.807, 2.05) is 20.8 Å². The Labute approximate surface area is 191 Å². The minimum absolute atomic E-state index is 0.0936. The molecule has 0 radical (unpaired) electrons. The number of carbonyl (C=O) groups excluding carboxylic acids is 1. The van der Waals surface area contributed by atoms with Crippen LogP contribution in [0.5, 0.6) is 5.75 Å². The molecule has 8 heteroatoms. The van der Waals surface area contributed by atoms with Crippen molar-refractivity contribution in [1.29, 1.82) is 0 Å². The highest BCUT2D eigenvalue weighted by Crippen LogP contribution is 2.37. The smallest absolute Gasteiger partial charge is 0.326 e. The normalized spacial score (nSPS) is 17.5. The number of carboxylic acids is 1. The fourth-order valence-corrected chi connectivity index (χ4v) is 4.12. The maximum atomic E-state index is 13.7. The van der Waals surface area contributed by atoms with E-state index < -0.39 is 29.7 Å². The van der Waals surface area contributed by atoms with Gasteiger partial charge in [0, 0.05) is 18.2 Å². The van der Waals surface area contributed by atoms with Crippen LogP contribution >= 0.6 is 0 Å². The highest BCUT2D eigenvalue weighted by molar-refractivity contribution is 6.04. The fourth-order valence-electron chi connectivity index (χ4n) is 4.12. The molecule has 0 spiro atoms. The number of aliphatic carboxylic acids is 1. The summed E-state index contributed by atoms with van der Waals surface area (Å²) in [5.41, 5.74) is -0.213. The highest BCUT2D eigenvalue weighted by Gasteiger charge is 2.35. The number of halogens is 3. The van der Waals surface area contributed by atoms with Gasteiger partial charge in [-0.2, -0.15) is 0 Å². The van der Waals surface area contributed by atoms with Gasteiger partial charge in [0.05, 0.1) is 12.2 Å². The Morgan fingerprint density at radius 2 is 1.85 bits per heavy atom. The zero-order chi connectivity index (χ0) is 24.4. The monoisotopic (exact) mass is 465 g/mol. The van der Waals surface area contributed by atoms with Crippen LogP contribution < -0.4 is 10.1 Å². The molecule has 1 aliphatic carbocycles. The van der Waals surface area contributed by atoms with Crippen LogP contribution in [0, 0.1) is 17.2 Å². The van der Waals surface area contributed by atoms with E-state index in [4.69, 9.17) is 4.74 Å². The van der Waals surface area contributed by atoms with E-state index in [-0.39, 0.29) is 48.5 Å². The van der Waals surface area contributed by atoms with Gasteiger partial charge < -0.3 is 15.2 Å². The molecule has 1 amide bonds. The Balaban J connectivity index is 1.88. The molecule has 0 unspecified atom stereocenters. The van der Waals surface area contributed by atoms with Crippen LogP contribution in [0.25, 0.3) is 10.8 Å². The first-order chi connectivity index (χ1) is 15.3. The van der Waals surface area contributed by atoms with Gasteiger partial charge in [0.2, 0.25) is 5.92 Å². The fraction of sp³-hybridized carbons (Fsp3) is 0.520. The highest BCUT2D eigenvalue weighted by atomic mass is 19.3. The lowest BCUT2D eigenvalue weighted by Crippen LogP contribution is -2.43. The summed E-state index contributed by atoms with van der Waals surface area (Å²) in [5, 5.41) is 13.1. The first kappa shape index (κ1) is 24.9. The number of rotatable bonds is 7. The van der Waals surface area contributed by atoms with E-state index >= 15 is 0 Å². The predicted molar refractivity (Wildman–Crippen MR) is 119 cm³/mol. The molecule has 0 heterocycles. The first-order valence-electron chi connectivity index (χ1n) is 11.1. The van der Waals surface area contributed by atoms with Gasteiger partial charge in [0.15, 0.2) is 0 Å². The molecule has 0 aliphatic heterocycles. The standard InChI is InChI=1S/C25H30F3NO4/c1-24(2,3)13-20(23(31)32)29-22(30)19-6-4-16-12-17(26)5-7-18(16)21(19)33-14-15-8-10-25(27,28)11-9-15/h4-7,12,15,20H,8-11,13-14H2,1-3H3,(H,29,30)(H,31,32)/t20-/m0/s1. The second kappa shape index (κ2) is 9.61. The average molecular weight is 466 g/mol. The molecule has 2 aromatic carbocycles. The molecule has 33 heavy (non-hydrogen) atoms. The minimum atomic E-state index is -2.66. The lowest BCUT2D eigenvalue weighted by atomic mass is 9.87. The van der Waals surface area contributed by atoms with E-state index in [0.29, 0.717) is 23.6 Å². The summed E-state index contributed by atoms with van der Waals surface area (Å²) < 4.78 is 46.7. The maximum Gasteiger partial charge on any atom is 0.326 e. The van der Waals surface area contributed by atoms with Crippen molar-refractivity contribution in [3.05, 3.63) is 41.7 Å². The third-order valence-electron chi connectivity index (χ3n) is 5.90. The van der Waals surface area contributed by atoms with Crippen molar-refractivity contribution in [3.8, 4) is 5.75 Å². The van der Waals surface area contributed by atoms with Crippen molar-refractivity contribution in [1.82, 2.24) is 5.32 Å². The number of hydrogen-bond acceptors (Lipinski definition) is 3. The van der Waals surface area contributed by atoms with E-state index in [9.17, 15) is 27.9 Å². The van der Waals surface area contributed by atoms with Crippen molar-refractivity contribution >= 4 is 22.6 Å².